The molecule has 0 aliphatic carbocycles. The van der Waals surface area contributed by atoms with Gasteiger partial charge in [-0.2, -0.15) is 0 Å². The first kappa shape index (κ1) is 17.7. The van der Waals surface area contributed by atoms with Crippen molar-refractivity contribution in [3.8, 4) is 17.1 Å². The number of carbonyl (C=O) groups excluding carboxylic acids is 1. The standard InChI is InChI=1S/C22H16FNO4/c23-20-8-4-3-7-19(20)21-12-17(24-28-21)13-27-22(25)14-26-18-10-9-15-5-1-2-6-16(15)11-18/h1-12H,13-14H2. The third-order valence-electron chi connectivity index (χ3n) is 4.16. The Bertz CT molecular complexity index is 1120. The summed E-state index contributed by atoms with van der Waals surface area (Å²) in [6.45, 7) is -0.311. The lowest BCUT2D eigenvalue weighted by atomic mass is 10.1. The van der Waals surface area contributed by atoms with Crippen LogP contribution < -0.4 is 4.74 Å². The van der Waals surface area contributed by atoms with E-state index in [2.05, 4.69) is 5.16 Å². The smallest absolute Gasteiger partial charge is 0.344 e. The summed E-state index contributed by atoms with van der Waals surface area (Å²) in [7, 11) is 0. The minimum atomic E-state index is -0.538. The minimum absolute atomic E-state index is 0.0855. The first-order valence-electron chi connectivity index (χ1n) is 8.67. The van der Waals surface area contributed by atoms with Gasteiger partial charge in [0.2, 0.25) is 0 Å². The quantitative estimate of drug-likeness (QED) is 0.454. The van der Waals surface area contributed by atoms with Gasteiger partial charge in [-0.1, -0.05) is 47.6 Å². The summed E-state index contributed by atoms with van der Waals surface area (Å²) in [6, 6.07) is 21.2. The molecule has 6 heteroatoms. The van der Waals surface area contributed by atoms with Crippen LogP contribution in [0.5, 0.6) is 5.75 Å². The number of ether oxygens (including phenoxy) is 2. The first-order valence-corrected chi connectivity index (χ1v) is 8.67. The number of aromatic nitrogens is 1. The average Bonchev–Trinajstić information content (AvgIpc) is 3.19. The van der Waals surface area contributed by atoms with E-state index in [-0.39, 0.29) is 19.0 Å². The number of hydrogen-bond acceptors (Lipinski definition) is 5. The Balaban J connectivity index is 1.31. The van der Waals surface area contributed by atoms with Crippen LogP contribution in [-0.2, 0) is 16.1 Å². The molecule has 0 spiro atoms. The van der Waals surface area contributed by atoms with E-state index in [1.165, 1.54) is 12.1 Å². The maximum absolute atomic E-state index is 13.8. The topological polar surface area (TPSA) is 61.6 Å². The van der Waals surface area contributed by atoms with Crippen LogP contribution >= 0.6 is 0 Å². The summed E-state index contributed by atoms with van der Waals surface area (Å²) < 4.78 is 29.5. The minimum Gasteiger partial charge on any atom is -0.482 e. The van der Waals surface area contributed by atoms with Crippen LogP contribution in [0.2, 0.25) is 0 Å². The number of fused-ring (bicyclic) bond motifs is 1. The van der Waals surface area contributed by atoms with E-state index in [1.54, 1.807) is 24.3 Å². The maximum atomic E-state index is 13.8. The molecule has 4 rings (SSSR count). The fourth-order valence-corrected chi connectivity index (χ4v) is 2.76. The van der Waals surface area contributed by atoms with Crippen LogP contribution in [-0.4, -0.2) is 17.7 Å². The van der Waals surface area contributed by atoms with Gasteiger partial charge in [-0.25, -0.2) is 9.18 Å². The van der Waals surface area contributed by atoms with E-state index in [1.807, 2.05) is 36.4 Å². The van der Waals surface area contributed by atoms with Gasteiger partial charge in [0.1, 0.15) is 23.9 Å². The van der Waals surface area contributed by atoms with E-state index < -0.39 is 11.8 Å². The predicted molar refractivity (Wildman–Crippen MR) is 101 cm³/mol. The molecule has 0 bridgehead atoms. The highest BCUT2D eigenvalue weighted by Gasteiger charge is 2.12. The molecular formula is C22H16FNO4. The van der Waals surface area contributed by atoms with Crippen LogP contribution in [0.25, 0.3) is 22.1 Å². The van der Waals surface area contributed by atoms with Crippen LogP contribution in [0.1, 0.15) is 5.69 Å². The van der Waals surface area contributed by atoms with Crippen molar-refractivity contribution in [3.63, 3.8) is 0 Å². The van der Waals surface area contributed by atoms with Gasteiger partial charge in [0.15, 0.2) is 12.4 Å². The Morgan fingerprint density at radius 3 is 2.61 bits per heavy atom. The predicted octanol–water partition coefficient (Wildman–Crippen LogP) is 4.76. The summed E-state index contributed by atoms with van der Waals surface area (Å²) in [5, 5.41) is 5.91. The zero-order chi connectivity index (χ0) is 19.3. The van der Waals surface area contributed by atoms with Crippen LogP contribution in [0.4, 0.5) is 4.39 Å². The van der Waals surface area contributed by atoms with Crippen molar-refractivity contribution in [1.82, 2.24) is 5.16 Å². The van der Waals surface area contributed by atoms with Gasteiger partial charge < -0.3 is 14.0 Å². The van der Waals surface area contributed by atoms with Crippen molar-refractivity contribution < 1.29 is 23.2 Å². The van der Waals surface area contributed by atoms with E-state index in [0.717, 1.165) is 10.8 Å². The summed E-state index contributed by atoms with van der Waals surface area (Å²) >= 11 is 0. The molecule has 0 saturated heterocycles. The van der Waals surface area contributed by atoms with Gasteiger partial charge in [-0.3, -0.25) is 0 Å². The number of halogens is 1. The molecule has 4 aromatic rings. The zero-order valence-electron chi connectivity index (χ0n) is 14.8. The Kier molecular flexibility index (Phi) is 5.01. The second-order valence-corrected chi connectivity index (χ2v) is 6.12. The van der Waals surface area contributed by atoms with Crippen molar-refractivity contribution in [1.29, 1.82) is 0 Å². The molecule has 3 aromatic carbocycles. The molecule has 28 heavy (non-hydrogen) atoms. The van der Waals surface area contributed by atoms with Crippen LogP contribution in [0.15, 0.2) is 77.3 Å². The monoisotopic (exact) mass is 377 g/mol. The fourth-order valence-electron chi connectivity index (χ4n) is 2.76. The molecule has 1 heterocycles. The molecule has 0 amide bonds. The van der Waals surface area contributed by atoms with E-state index in [9.17, 15) is 9.18 Å². The Labute approximate surface area is 160 Å². The number of hydrogen-bond donors (Lipinski definition) is 0. The highest BCUT2D eigenvalue weighted by Crippen LogP contribution is 2.23. The second-order valence-electron chi connectivity index (χ2n) is 6.12. The van der Waals surface area contributed by atoms with E-state index >= 15 is 0 Å². The highest BCUT2D eigenvalue weighted by atomic mass is 19.1. The molecule has 0 unspecified atom stereocenters. The van der Waals surface area contributed by atoms with Crippen LogP contribution in [0, 0.1) is 5.82 Å². The lowest BCUT2D eigenvalue weighted by molar-refractivity contribution is -0.147. The third kappa shape index (κ3) is 4.01. The highest BCUT2D eigenvalue weighted by molar-refractivity contribution is 5.83. The zero-order valence-corrected chi connectivity index (χ0v) is 14.8. The summed E-state index contributed by atoms with van der Waals surface area (Å²) in [5.74, 6) is -0.0925. The Morgan fingerprint density at radius 1 is 0.964 bits per heavy atom. The molecule has 0 fully saturated rings. The third-order valence-corrected chi connectivity index (χ3v) is 4.16. The van der Waals surface area contributed by atoms with Gasteiger partial charge >= 0.3 is 5.97 Å². The van der Waals surface area contributed by atoms with Crippen molar-refractivity contribution in [2.75, 3.05) is 6.61 Å². The molecule has 0 radical (unpaired) electrons. The number of esters is 1. The average molecular weight is 377 g/mol. The Morgan fingerprint density at radius 2 is 1.75 bits per heavy atom. The van der Waals surface area contributed by atoms with Crippen molar-refractivity contribution >= 4 is 16.7 Å². The maximum Gasteiger partial charge on any atom is 0.344 e. The molecule has 0 aliphatic heterocycles. The molecule has 0 saturated carbocycles. The van der Waals surface area contributed by atoms with Gasteiger partial charge in [0.25, 0.3) is 0 Å². The summed E-state index contributed by atoms with van der Waals surface area (Å²) in [5.41, 5.74) is 0.685. The Hall–Kier alpha value is -3.67. The normalized spacial score (nSPS) is 10.8. The SMILES string of the molecule is O=C(COc1ccc2ccccc2c1)OCc1cc(-c2ccccc2F)on1. The molecule has 140 valence electrons. The van der Waals surface area contributed by atoms with E-state index in [4.69, 9.17) is 14.0 Å². The van der Waals surface area contributed by atoms with Crippen LogP contribution in [0.3, 0.4) is 0 Å². The lowest BCUT2D eigenvalue weighted by Crippen LogP contribution is -2.14. The molecule has 1 aromatic heterocycles. The molecule has 0 N–H and O–H groups in total. The number of benzene rings is 3. The van der Waals surface area contributed by atoms with Gasteiger partial charge in [0, 0.05) is 6.07 Å². The van der Waals surface area contributed by atoms with Gasteiger partial charge in [-0.15, -0.1) is 0 Å². The lowest BCUT2D eigenvalue weighted by Gasteiger charge is -2.07. The number of carbonyl (C=O) groups is 1. The largest absolute Gasteiger partial charge is 0.482 e. The molecular weight excluding hydrogens is 361 g/mol. The molecule has 0 atom stereocenters. The second kappa shape index (κ2) is 7.92. The number of rotatable bonds is 6. The van der Waals surface area contributed by atoms with E-state index in [0.29, 0.717) is 17.0 Å². The van der Waals surface area contributed by atoms with Crippen molar-refractivity contribution in [3.05, 3.63) is 84.3 Å². The first-order chi connectivity index (χ1) is 13.7. The molecule has 0 aliphatic rings. The van der Waals surface area contributed by atoms with Gasteiger partial charge in [-0.05, 0) is 35.0 Å². The van der Waals surface area contributed by atoms with Crippen molar-refractivity contribution in [2.45, 2.75) is 6.61 Å². The molecule has 5 nitrogen and oxygen atoms in total. The summed E-state index contributed by atoms with van der Waals surface area (Å²) in [6.07, 6.45) is 0. The van der Waals surface area contributed by atoms with Gasteiger partial charge in [0.05, 0.1) is 5.56 Å². The fraction of sp³-hybridized carbons (Fsp3) is 0.0909. The van der Waals surface area contributed by atoms with Crippen molar-refractivity contribution in [2.24, 2.45) is 0 Å². The number of nitrogens with zero attached hydrogens (tertiary/aromatic N) is 1. The summed E-state index contributed by atoms with van der Waals surface area (Å²) in [4.78, 5) is 11.9.